The fourth-order valence-electron chi connectivity index (χ4n) is 7.15. The van der Waals surface area contributed by atoms with E-state index in [9.17, 15) is 5.11 Å². The predicted molar refractivity (Wildman–Crippen MR) is 78.2 cm³/mol. The van der Waals surface area contributed by atoms with E-state index in [1.807, 2.05) is 0 Å². The minimum absolute atomic E-state index is 0. The zero-order valence-corrected chi connectivity index (χ0v) is 12.5. The summed E-state index contributed by atoms with van der Waals surface area (Å²) in [5.74, 6) is 6.31. The lowest BCUT2D eigenvalue weighted by Crippen LogP contribution is -2.56. The maximum absolute atomic E-state index is 11.1. The molecule has 100 valence electrons. The molecule has 5 aliphatic rings. The smallest absolute Gasteiger partial charge is 0.186 e. The Hall–Kier alpha value is -0.0400. The minimum atomic E-state index is -0.561. The molecule has 0 saturated heterocycles. The van der Waals surface area contributed by atoms with E-state index in [0.717, 1.165) is 35.5 Å². The summed E-state index contributed by atoms with van der Waals surface area (Å²) in [7, 11) is 0. The van der Waals surface area contributed by atoms with Gasteiger partial charge in [0.1, 0.15) is 0 Å². The number of rotatable bonds is 2. The van der Waals surface area contributed by atoms with Gasteiger partial charge in [-0.2, -0.15) is 0 Å². The zero-order chi connectivity index (χ0) is 11.5. The fraction of sp³-hybridized carbons (Fsp3) is 0.923. The maximum Gasteiger partial charge on any atom is 0.186 e. The van der Waals surface area contributed by atoms with Gasteiger partial charge in [-0.15, -0.1) is 24.0 Å². The van der Waals surface area contributed by atoms with Crippen molar-refractivity contribution in [3.63, 3.8) is 0 Å². The summed E-state index contributed by atoms with van der Waals surface area (Å²) in [5, 5.41) is 11.1. The second-order valence-corrected chi connectivity index (χ2v) is 7.07. The molecule has 0 heterocycles. The van der Waals surface area contributed by atoms with Crippen LogP contribution in [0.4, 0.5) is 0 Å². The Kier molecular flexibility index (Phi) is 2.07. The van der Waals surface area contributed by atoms with Crippen LogP contribution in [0.5, 0.6) is 0 Å². The molecule has 5 heteroatoms. The number of guanidine groups is 1. The fourth-order valence-corrected chi connectivity index (χ4v) is 7.15. The van der Waals surface area contributed by atoms with Gasteiger partial charge in [0.2, 0.25) is 0 Å². The van der Waals surface area contributed by atoms with Gasteiger partial charge in [-0.05, 0) is 60.2 Å². The molecule has 5 rings (SSSR count). The molecule has 0 amide bonds. The third kappa shape index (κ3) is 0.930. The quantitative estimate of drug-likeness (QED) is 0.378. The molecule has 5 saturated carbocycles. The molecule has 2 bridgehead atoms. The van der Waals surface area contributed by atoms with Gasteiger partial charge >= 0.3 is 0 Å². The van der Waals surface area contributed by atoms with Crippen molar-refractivity contribution >= 4 is 29.9 Å². The Bertz CT molecular complexity index is 446. The van der Waals surface area contributed by atoms with Crippen molar-refractivity contribution < 1.29 is 5.11 Å². The summed E-state index contributed by atoms with van der Waals surface area (Å²) in [6, 6.07) is 0. The van der Waals surface area contributed by atoms with Gasteiger partial charge < -0.3 is 16.6 Å². The van der Waals surface area contributed by atoms with E-state index in [4.69, 9.17) is 11.5 Å². The van der Waals surface area contributed by atoms with Crippen molar-refractivity contribution in [2.45, 2.75) is 18.4 Å². The molecule has 9 atom stereocenters. The third-order valence-electron chi connectivity index (χ3n) is 7.03. The molecule has 0 aromatic carbocycles. The largest absolute Gasteiger partial charge is 0.387 e. The van der Waals surface area contributed by atoms with Gasteiger partial charge in [-0.25, -0.2) is 0 Å². The van der Waals surface area contributed by atoms with Crippen LogP contribution in [-0.4, -0.2) is 23.2 Å². The van der Waals surface area contributed by atoms with E-state index in [2.05, 4.69) is 4.99 Å². The molecule has 5 N–H and O–H groups in total. The van der Waals surface area contributed by atoms with Crippen LogP contribution >= 0.6 is 24.0 Å². The third-order valence-corrected chi connectivity index (χ3v) is 7.03. The van der Waals surface area contributed by atoms with Crippen LogP contribution in [0.2, 0.25) is 0 Å². The van der Waals surface area contributed by atoms with Crippen LogP contribution < -0.4 is 11.5 Å². The van der Waals surface area contributed by atoms with Gasteiger partial charge in [0.25, 0.3) is 0 Å². The zero-order valence-electron chi connectivity index (χ0n) is 10.2. The highest BCUT2D eigenvalue weighted by Gasteiger charge is 2.84. The summed E-state index contributed by atoms with van der Waals surface area (Å²) < 4.78 is 0. The highest BCUT2D eigenvalue weighted by Crippen LogP contribution is 2.85. The monoisotopic (exact) mass is 361 g/mol. The number of halogens is 1. The Morgan fingerprint density at radius 1 is 1.06 bits per heavy atom. The number of fused-ring (bicyclic) bond motifs is 2. The summed E-state index contributed by atoms with van der Waals surface area (Å²) in [6.45, 7) is 0.449. The number of nitrogens with zero attached hydrogens (tertiary/aromatic N) is 1. The number of hydrogen-bond donors (Lipinski definition) is 3. The molecule has 5 aliphatic carbocycles. The Morgan fingerprint density at radius 2 is 1.72 bits per heavy atom. The van der Waals surface area contributed by atoms with Gasteiger partial charge in [-0.1, -0.05) is 0 Å². The summed E-state index contributed by atoms with van der Waals surface area (Å²) >= 11 is 0. The first-order valence-electron chi connectivity index (χ1n) is 6.90. The molecule has 9 unspecified atom stereocenters. The van der Waals surface area contributed by atoms with Crippen molar-refractivity contribution in [3.8, 4) is 0 Å². The number of nitrogens with two attached hydrogens (primary N) is 2. The second-order valence-electron chi connectivity index (χ2n) is 7.07. The van der Waals surface area contributed by atoms with Gasteiger partial charge in [0, 0.05) is 0 Å². The first-order valence-corrected chi connectivity index (χ1v) is 6.90. The lowest BCUT2D eigenvalue weighted by molar-refractivity contribution is -0.123. The Morgan fingerprint density at radius 3 is 2.44 bits per heavy atom. The molecule has 0 spiro atoms. The van der Waals surface area contributed by atoms with Crippen LogP contribution in [0.3, 0.4) is 0 Å². The molecule has 0 aromatic heterocycles. The second kappa shape index (κ2) is 3.16. The molecule has 0 aliphatic heterocycles. The number of aliphatic hydroxyl groups is 1. The van der Waals surface area contributed by atoms with Crippen molar-refractivity contribution in [1.82, 2.24) is 0 Å². The predicted octanol–water partition coefficient (Wildman–Crippen LogP) is 0.387. The molecular formula is C13H20IN3O. The highest BCUT2D eigenvalue weighted by molar-refractivity contribution is 14.0. The Labute approximate surface area is 124 Å². The van der Waals surface area contributed by atoms with E-state index in [1.54, 1.807) is 0 Å². The molecular weight excluding hydrogens is 341 g/mol. The van der Waals surface area contributed by atoms with Gasteiger partial charge in [0.05, 0.1) is 12.1 Å². The van der Waals surface area contributed by atoms with Crippen molar-refractivity contribution in [3.05, 3.63) is 0 Å². The van der Waals surface area contributed by atoms with Crippen LogP contribution in [0, 0.1) is 47.3 Å². The Balaban J connectivity index is 0.000000882. The van der Waals surface area contributed by atoms with E-state index in [0.29, 0.717) is 18.4 Å². The first kappa shape index (κ1) is 11.8. The normalized spacial score (nSPS) is 63.8. The highest BCUT2D eigenvalue weighted by atomic mass is 127. The summed E-state index contributed by atoms with van der Waals surface area (Å²) in [6.07, 6.45) is 2.78. The minimum Gasteiger partial charge on any atom is -0.387 e. The lowest BCUT2D eigenvalue weighted by atomic mass is 9.56. The van der Waals surface area contributed by atoms with Crippen LogP contribution in [0.15, 0.2) is 4.99 Å². The average Bonchev–Trinajstić information content (AvgIpc) is 2.73. The summed E-state index contributed by atoms with van der Waals surface area (Å²) in [4.78, 5) is 4.14. The standard InChI is InChI=1S/C13H19N3O.HI/c14-12(15)16-3-13(17)10-5-2-6-8-4(5)1-7(10)9(8)11(6)13;/h4-11,17H,1-3H2,(H4,14,15,16);1H. The molecule has 0 radical (unpaired) electrons. The van der Waals surface area contributed by atoms with E-state index >= 15 is 0 Å². The van der Waals surface area contributed by atoms with Gasteiger partial charge in [0.15, 0.2) is 5.96 Å². The van der Waals surface area contributed by atoms with E-state index in [1.165, 1.54) is 12.8 Å². The summed E-state index contributed by atoms with van der Waals surface area (Å²) in [5.41, 5.74) is 10.3. The molecule has 0 aromatic rings. The number of hydrogen-bond acceptors (Lipinski definition) is 2. The molecule has 4 nitrogen and oxygen atoms in total. The van der Waals surface area contributed by atoms with Crippen LogP contribution in [0.25, 0.3) is 0 Å². The van der Waals surface area contributed by atoms with Gasteiger partial charge in [-0.3, -0.25) is 4.99 Å². The van der Waals surface area contributed by atoms with Crippen molar-refractivity contribution in [2.75, 3.05) is 6.54 Å². The van der Waals surface area contributed by atoms with Crippen molar-refractivity contribution in [1.29, 1.82) is 0 Å². The van der Waals surface area contributed by atoms with Crippen molar-refractivity contribution in [2.24, 2.45) is 63.8 Å². The van der Waals surface area contributed by atoms with Crippen LogP contribution in [-0.2, 0) is 0 Å². The molecule has 18 heavy (non-hydrogen) atoms. The van der Waals surface area contributed by atoms with E-state index < -0.39 is 5.60 Å². The SMILES string of the molecule is I.NC(N)=NCC1(O)C2C3CC4C5C3CC2C5C41. The lowest BCUT2D eigenvalue weighted by Gasteiger charge is -2.51. The van der Waals surface area contributed by atoms with Crippen LogP contribution in [0.1, 0.15) is 12.8 Å². The van der Waals surface area contributed by atoms with E-state index in [-0.39, 0.29) is 29.9 Å². The molecule has 5 fully saturated rings. The first-order chi connectivity index (χ1) is 8.13. The number of aliphatic imine (C=N–C) groups is 1. The topological polar surface area (TPSA) is 84.6 Å². The average molecular weight is 361 g/mol. The maximum atomic E-state index is 11.1.